The lowest BCUT2D eigenvalue weighted by Gasteiger charge is -2.05. The summed E-state index contributed by atoms with van der Waals surface area (Å²) in [6.45, 7) is 1.71. The second kappa shape index (κ2) is 6.14. The Labute approximate surface area is 120 Å². The van der Waals surface area contributed by atoms with Gasteiger partial charge in [0.05, 0.1) is 16.7 Å². The third-order valence-electron chi connectivity index (χ3n) is 2.70. The smallest absolute Gasteiger partial charge is 0.271 e. The predicted octanol–water partition coefficient (Wildman–Crippen LogP) is 0.891. The number of aliphatic hydroxyl groups is 1. The van der Waals surface area contributed by atoms with Crippen molar-refractivity contribution in [2.24, 2.45) is 0 Å². The largest absolute Gasteiger partial charge is 0.392 e. The number of non-ortho nitro benzene ring substituents is 1. The first kappa shape index (κ1) is 14.7. The van der Waals surface area contributed by atoms with Gasteiger partial charge in [-0.1, -0.05) is 0 Å². The highest BCUT2D eigenvalue weighted by molar-refractivity contribution is 5.92. The summed E-state index contributed by atoms with van der Waals surface area (Å²) in [5, 5.41) is 26.3. The molecule has 21 heavy (non-hydrogen) atoms. The molecule has 1 amide bonds. The van der Waals surface area contributed by atoms with Crippen molar-refractivity contribution in [3.8, 4) is 5.69 Å². The van der Waals surface area contributed by atoms with Gasteiger partial charge in [-0.2, -0.15) is 5.10 Å². The number of hydrogen-bond donors (Lipinski definition) is 2. The lowest BCUT2D eigenvalue weighted by Crippen LogP contribution is -2.30. The molecule has 0 aliphatic heterocycles. The van der Waals surface area contributed by atoms with Crippen LogP contribution in [-0.4, -0.2) is 38.4 Å². The number of rotatable bonds is 5. The van der Waals surface area contributed by atoms with Crippen molar-refractivity contribution in [3.63, 3.8) is 0 Å². The van der Waals surface area contributed by atoms with Crippen molar-refractivity contribution < 1.29 is 14.8 Å². The van der Waals surface area contributed by atoms with Crippen LogP contribution in [0.25, 0.3) is 5.69 Å². The van der Waals surface area contributed by atoms with E-state index < -0.39 is 16.9 Å². The quantitative estimate of drug-likeness (QED) is 0.627. The lowest BCUT2D eigenvalue weighted by atomic mass is 10.3. The summed E-state index contributed by atoms with van der Waals surface area (Å²) in [7, 11) is 0. The van der Waals surface area contributed by atoms with Crippen molar-refractivity contribution in [1.82, 2.24) is 15.1 Å². The molecule has 0 radical (unpaired) electrons. The van der Waals surface area contributed by atoms with Crippen LogP contribution in [0.3, 0.4) is 0 Å². The standard InChI is InChI=1S/C13H14N4O4/c1-9(18)8-14-13(19)12-6-7-16(15-12)10-2-4-11(5-3-10)17(20)21/h2-7,9,18H,8H2,1H3,(H,14,19). The maximum absolute atomic E-state index is 11.7. The van der Waals surface area contributed by atoms with E-state index in [-0.39, 0.29) is 17.9 Å². The van der Waals surface area contributed by atoms with E-state index in [2.05, 4.69) is 10.4 Å². The fourth-order valence-corrected chi connectivity index (χ4v) is 1.65. The minimum atomic E-state index is -0.634. The Bertz CT molecular complexity index is 648. The number of carbonyl (C=O) groups excluding carboxylic acids is 1. The van der Waals surface area contributed by atoms with Gasteiger partial charge in [0.15, 0.2) is 5.69 Å². The van der Waals surface area contributed by atoms with Gasteiger partial charge in [-0.15, -0.1) is 0 Å². The number of aliphatic hydroxyl groups excluding tert-OH is 1. The van der Waals surface area contributed by atoms with Gasteiger partial charge in [-0.05, 0) is 25.1 Å². The molecule has 0 spiro atoms. The number of hydrogen-bond acceptors (Lipinski definition) is 5. The Hall–Kier alpha value is -2.74. The van der Waals surface area contributed by atoms with Crippen molar-refractivity contribution >= 4 is 11.6 Å². The molecule has 1 atom stereocenters. The van der Waals surface area contributed by atoms with Crippen LogP contribution in [-0.2, 0) is 0 Å². The van der Waals surface area contributed by atoms with E-state index in [1.165, 1.54) is 22.9 Å². The SMILES string of the molecule is CC(O)CNC(=O)c1ccn(-c2ccc([N+](=O)[O-])cc2)n1. The van der Waals surface area contributed by atoms with Crippen molar-refractivity contribution in [1.29, 1.82) is 0 Å². The Kier molecular flexibility index (Phi) is 4.29. The van der Waals surface area contributed by atoms with Gasteiger partial charge in [-0.25, -0.2) is 4.68 Å². The number of amides is 1. The average Bonchev–Trinajstić information content (AvgIpc) is 2.94. The molecule has 0 saturated heterocycles. The van der Waals surface area contributed by atoms with E-state index >= 15 is 0 Å². The number of nitrogens with zero attached hydrogens (tertiary/aromatic N) is 3. The van der Waals surface area contributed by atoms with Crippen molar-refractivity contribution in [2.75, 3.05) is 6.54 Å². The van der Waals surface area contributed by atoms with Gasteiger partial charge in [-0.3, -0.25) is 14.9 Å². The fourth-order valence-electron chi connectivity index (χ4n) is 1.65. The third kappa shape index (κ3) is 3.63. The van der Waals surface area contributed by atoms with E-state index in [9.17, 15) is 14.9 Å². The highest BCUT2D eigenvalue weighted by Crippen LogP contribution is 2.14. The summed E-state index contributed by atoms with van der Waals surface area (Å²) in [6, 6.07) is 7.35. The minimum absolute atomic E-state index is 0.0131. The Morgan fingerprint density at radius 2 is 2.10 bits per heavy atom. The molecular weight excluding hydrogens is 276 g/mol. The summed E-state index contributed by atoms with van der Waals surface area (Å²) < 4.78 is 1.45. The first-order valence-corrected chi connectivity index (χ1v) is 6.24. The summed E-state index contributed by atoms with van der Waals surface area (Å²) in [4.78, 5) is 21.8. The van der Waals surface area contributed by atoms with Gasteiger partial charge >= 0.3 is 0 Å². The van der Waals surface area contributed by atoms with Crippen LogP contribution in [0.5, 0.6) is 0 Å². The lowest BCUT2D eigenvalue weighted by molar-refractivity contribution is -0.384. The summed E-state index contributed by atoms with van der Waals surface area (Å²) in [5.41, 5.74) is 0.796. The average molecular weight is 290 g/mol. The third-order valence-corrected chi connectivity index (χ3v) is 2.70. The molecule has 2 rings (SSSR count). The number of nitro benzene ring substituents is 1. The van der Waals surface area contributed by atoms with Crippen LogP contribution < -0.4 is 5.32 Å². The fraction of sp³-hybridized carbons (Fsp3) is 0.231. The van der Waals surface area contributed by atoms with Crippen molar-refractivity contribution in [2.45, 2.75) is 13.0 Å². The Morgan fingerprint density at radius 1 is 1.43 bits per heavy atom. The molecule has 8 nitrogen and oxygen atoms in total. The zero-order valence-electron chi connectivity index (χ0n) is 11.3. The monoisotopic (exact) mass is 290 g/mol. The molecule has 0 bridgehead atoms. The van der Waals surface area contributed by atoms with Gasteiger partial charge in [0.2, 0.25) is 0 Å². The van der Waals surface area contributed by atoms with Crippen LogP contribution in [0.2, 0.25) is 0 Å². The van der Waals surface area contributed by atoms with E-state index in [1.54, 1.807) is 25.3 Å². The molecular formula is C13H14N4O4. The summed E-state index contributed by atoms with van der Waals surface area (Å²) >= 11 is 0. The van der Waals surface area contributed by atoms with Crippen LogP contribution in [0, 0.1) is 10.1 Å². The number of nitro groups is 1. The maximum Gasteiger partial charge on any atom is 0.271 e. The second-order valence-corrected chi connectivity index (χ2v) is 4.48. The highest BCUT2D eigenvalue weighted by Gasteiger charge is 2.11. The van der Waals surface area contributed by atoms with E-state index in [1.807, 2.05) is 0 Å². The molecule has 2 aromatic rings. The van der Waals surface area contributed by atoms with Crippen LogP contribution in [0.4, 0.5) is 5.69 Å². The van der Waals surface area contributed by atoms with E-state index in [0.29, 0.717) is 5.69 Å². The number of nitrogens with one attached hydrogen (secondary N) is 1. The van der Waals surface area contributed by atoms with E-state index in [4.69, 9.17) is 5.11 Å². The summed E-state index contributed by atoms with van der Waals surface area (Å²) in [5.74, 6) is -0.392. The topological polar surface area (TPSA) is 110 Å². The predicted molar refractivity (Wildman–Crippen MR) is 74.2 cm³/mol. The molecule has 1 aromatic heterocycles. The molecule has 0 aliphatic carbocycles. The van der Waals surface area contributed by atoms with Crippen LogP contribution >= 0.6 is 0 Å². The molecule has 0 aliphatic rings. The maximum atomic E-state index is 11.7. The van der Waals surface area contributed by atoms with Gasteiger partial charge < -0.3 is 10.4 Å². The molecule has 0 saturated carbocycles. The zero-order valence-corrected chi connectivity index (χ0v) is 11.3. The number of benzene rings is 1. The van der Waals surface area contributed by atoms with Gasteiger partial charge in [0.25, 0.3) is 11.6 Å². The van der Waals surface area contributed by atoms with Crippen molar-refractivity contribution in [3.05, 3.63) is 52.3 Å². The Morgan fingerprint density at radius 3 is 2.67 bits per heavy atom. The number of aromatic nitrogens is 2. The molecule has 2 N–H and O–H groups in total. The van der Waals surface area contributed by atoms with E-state index in [0.717, 1.165) is 0 Å². The first-order valence-electron chi connectivity index (χ1n) is 6.24. The van der Waals surface area contributed by atoms with Crippen LogP contribution in [0.1, 0.15) is 17.4 Å². The highest BCUT2D eigenvalue weighted by atomic mass is 16.6. The summed E-state index contributed by atoms with van der Waals surface area (Å²) in [6.07, 6.45) is 0.948. The molecule has 1 unspecified atom stereocenters. The zero-order chi connectivity index (χ0) is 15.4. The molecule has 110 valence electrons. The Balaban J connectivity index is 2.12. The van der Waals surface area contributed by atoms with Gasteiger partial charge in [0.1, 0.15) is 0 Å². The normalized spacial score (nSPS) is 11.9. The second-order valence-electron chi connectivity index (χ2n) is 4.48. The first-order chi connectivity index (χ1) is 9.97. The molecule has 8 heteroatoms. The number of carbonyl (C=O) groups is 1. The molecule has 0 fully saturated rings. The van der Waals surface area contributed by atoms with Crippen LogP contribution in [0.15, 0.2) is 36.5 Å². The molecule has 1 heterocycles. The van der Waals surface area contributed by atoms with Gasteiger partial charge in [0, 0.05) is 24.9 Å². The minimum Gasteiger partial charge on any atom is -0.392 e. The molecule has 1 aromatic carbocycles.